The molecule has 1 aliphatic carbocycles. The minimum absolute atomic E-state index is 0.167. The van der Waals surface area contributed by atoms with Gasteiger partial charge in [-0.25, -0.2) is 0 Å². The van der Waals surface area contributed by atoms with E-state index in [1.54, 1.807) is 18.2 Å². The Morgan fingerprint density at radius 2 is 1.76 bits per heavy atom. The molecule has 0 bridgehead atoms. The second-order valence-electron chi connectivity index (χ2n) is 6.48. The lowest BCUT2D eigenvalue weighted by Crippen LogP contribution is -2.32. The van der Waals surface area contributed by atoms with Crippen LogP contribution in [0.1, 0.15) is 59.7 Å². The summed E-state index contributed by atoms with van der Waals surface area (Å²) in [6, 6.07) is 4.95. The van der Waals surface area contributed by atoms with Gasteiger partial charge in [0, 0.05) is 12.2 Å². The molecule has 1 aliphatic heterocycles. The van der Waals surface area contributed by atoms with Gasteiger partial charge in [0.25, 0.3) is 11.8 Å². The van der Waals surface area contributed by atoms with E-state index in [2.05, 4.69) is 6.92 Å². The lowest BCUT2D eigenvalue weighted by molar-refractivity contribution is 0.0640. The molecule has 0 radical (unpaired) electrons. The highest BCUT2D eigenvalue weighted by Gasteiger charge is 2.35. The fourth-order valence-corrected chi connectivity index (χ4v) is 3.44. The van der Waals surface area contributed by atoms with Gasteiger partial charge in [0.2, 0.25) is 0 Å². The van der Waals surface area contributed by atoms with Crippen molar-refractivity contribution in [3.63, 3.8) is 0 Å². The summed E-state index contributed by atoms with van der Waals surface area (Å²) in [7, 11) is 0. The van der Waals surface area contributed by atoms with Crippen molar-refractivity contribution in [1.29, 1.82) is 0 Å². The first-order valence-electron chi connectivity index (χ1n) is 7.82. The smallest absolute Gasteiger partial charge is 0.261 e. The lowest BCUT2D eigenvalue weighted by Gasteiger charge is -2.27. The molecule has 4 nitrogen and oxygen atoms in total. The quantitative estimate of drug-likeness (QED) is 0.686. The molecular weight excluding hydrogens is 264 g/mol. The lowest BCUT2D eigenvalue weighted by atomic mass is 9.81. The average Bonchev–Trinajstić information content (AvgIpc) is 2.70. The molecule has 1 aromatic carbocycles. The number of anilines is 1. The van der Waals surface area contributed by atoms with Crippen molar-refractivity contribution >= 4 is 17.5 Å². The zero-order chi connectivity index (χ0) is 15.0. The van der Waals surface area contributed by atoms with Crippen molar-refractivity contribution in [2.75, 3.05) is 12.3 Å². The number of nitrogens with two attached hydrogens (primary N) is 1. The molecule has 1 heterocycles. The third-order valence-electron chi connectivity index (χ3n) is 4.89. The van der Waals surface area contributed by atoms with E-state index >= 15 is 0 Å². The van der Waals surface area contributed by atoms with Gasteiger partial charge in [-0.3, -0.25) is 14.5 Å². The van der Waals surface area contributed by atoms with Crippen LogP contribution in [-0.4, -0.2) is 23.3 Å². The molecule has 112 valence electrons. The van der Waals surface area contributed by atoms with Crippen LogP contribution in [0, 0.1) is 11.8 Å². The fraction of sp³-hybridized carbons (Fsp3) is 0.529. The fourth-order valence-electron chi connectivity index (χ4n) is 3.44. The zero-order valence-corrected chi connectivity index (χ0v) is 12.5. The second kappa shape index (κ2) is 5.51. The van der Waals surface area contributed by atoms with E-state index in [0.717, 1.165) is 12.3 Å². The maximum atomic E-state index is 12.3. The van der Waals surface area contributed by atoms with Crippen LogP contribution >= 0.6 is 0 Å². The Bertz CT molecular complexity index is 574. The molecule has 3 rings (SSSR count). The summed E-state index contributed by atoms with van der Waals surface area (Å²) in [5.74, 6) is 1.12. The van der Waals surface area contributed by atoms with Gasteiger partial charge in [0.05, 0.1) is 11.1 Å². The van der Waals surface area contributed by atoms with Crippen molar-refractivity contribution in [2.45, 2.75) is 39.0 Å². The largest absolute Gasteiger partial charge is 0.399 e. The molecule has 0 saturated heterocycles. The highest BCUT2D eigenvalue weighted by atomic mass is 16.2. The molecule has 0 unspecified atom stereocenters. The van der Waals surface area contributed by atoms with Gasteiger partial charge in [-0.2, -0.15) is 0 Å². The number of hydrogen-bond donors (Lipinski definition) is 1. The van der Waals surface area contributed by atoms with Crippen LogP contribution in [0.25, 0.3) is 0 Å². The molecule has 2 aliphatic rings. The summed E-state index contributed by atoms with van der Waals surface area (Å²) in [5.41, 5.74) is 7.18. The molecule has 4 heteroatoms. The van der Waals surface area contributed by atoms with Gasteiger partial charge < -0.3 is 5.73 Å². The molecule has 21 heavy (non-hydrogen) atoms. The number of rotatable bonds is 3. The first-order chi connectivity index (χ1) is 10.1. The van der Waals surface area contributed by atoms with E-state index in [1.165, 1.54) is 30.6 Å². The van der Waals surface area contributed by atoms with Crippen LogP contribution in [0.5, 0.6) is 0 Å². The third-order valence-corrected chi connectivity index (χ3v) is 4.89. The van der Waals surface area contributed by atoms with Gasteiger partial charge in [0.1, 0.15) is 0 Å². The molecule has 2 N–H and O–H groups in total. The molecule has 1 saturated carbocycles. The van der Waals surface area contributed by atoms with Gasteiger partial charge in [0.15, 0.2) is 0 Å². The van der Waals surface area contributed by atoms with E-state index in [1.807, 2.05) is 0 Å². The van der Waals surface area contributed by atoms with E-state index in [9.17, 15) is 9.59 Å². The number of nitrogen functional groups attached to an aromatic ring is 1. The van der Waals surface area contributed by atoms with E-state index in [4.69, 9.17) is 5.73 Å². The average molecular weight is 286 g/mol. The van der Waals surface area contributed by atoms with Gasteiger partial charge in [-0.1, -0.05) is 32.6 Å². The normalized spacial score (nSPS) is 25.3. The number of imide groups is 1. The van der Waals surface area contributed by atoms with Crippen LogP contribution in [0.3, 0.4) is 0 Å². The minimum Gasteiger partial charge on any atom is -0.399 e. The Hall–Kier alpha value is -1.84. The Morgan fingerprint density at radius 3 is 2.48 bits per heavy atom. The summed E-state index contributed by atoms with van der Waals surface area (Å²) in [6.45, 7) is 2.83. The number of carbonyl (C=O) groups is 2. The number of hydrogen-bond acceptors (Lipinski definition) is 3. The zero-order valence-electron chi connectivity index (χ0n) is 12.5. The Balaban J connectivity index is 1.65. The van der Waals surface area contributed by atoms with Crippen molar-refractivity contribution in [2.24, 2.45) is 11.8 Å². The van der Waals surface area contributed by atoms with E-state index in [0.29, 0.717) is 29.3 Å². The summed E-state index contributed by atoms with van der Waals surface area (Å²) >= 11 is 0. The predicted octanol–water partition coefficient (Wildman–Crippen LogP) is 3.08. The van der Waals surface area contributed by atoms with Crippen molar-refractivity contribution in [1.82, 2.24) is 4.90 Å². The third kappa shape index (κ3) is 2.67. The van der Waals surface area contributed by atoms with Gasteiger partial charge in [-0.15, -0.1) is 0 Å². The number of carbonyl (C=O) groups excluding carboxylic acids is 2. The number of amides is 2. The maximum absolute atomic E-state index is 12.3. The standard InChI is InChI=1S/C17H22N2O2/c1-11-2-4-12(5-3-11)8-9-19-16(20)14-7-6-13(18)10-15(14)17(19)21/h6-7,10-12H,2-5,8-9,18H2,1H3. The summed E-state index contributed by atoms with van der Waals surface area (Å²) in [5, 5.41) is 0. The van der Waals surface area contributed by atoms with E-state index < -0.39 is 0 Å². The topological polar surface area (TPSA) is 63.4 Å². The van der Waals surface area contributed by atoms with Crippen LogP contribution in [-0.2, 0) is 0 Å². The highest BCUT2D eigenvalue weighted by Crippen LogP contribution is 2.31. The summed E-state index contributed by atoms with van der Waals surface area (Å²) in [6.07, 6.45) is 5.90. The molecule has 0 aromatic heterocycles. The second-order valence-corrected chi connectivity index (χ2v) is 6.48. The van der Waals surface area contributed by atoms with E-state index in [-0.39, 0.29) is 11.8 Å². The van der Waals surface area contributed by atoms with Crippen LogP contribution in [0.15, 0.2) is 18.2 Å². The molecular formula is C17H22N2O2. The minimum atomic E-state index is -0.188. The van der Waals surface area contributed by atoms with Crippen LogP contribution in [0.2, 0.25) is 0 Å². The first-order valence-corrected chi connectivity index (χ1v) is 7.82. The van der Waals surface area contributed by atoms with Crippen molar-refractivity contribution in [3.8, 4) is 0 Å². The maximum Gasteiger partial charge on any atom is 0.261 e. The van der Waals surface area contributed by atoms with Crippen LogP contribution in [0.4, 0.5) is 5.69 Å². The molecule has 0 spiro atoms. The predicted molar refractivity (Wildman–Crippen MR) is 82.0 cm³/mol. The van der Waals surface area contributed by atoms with Crippen molar-refractivity contribution < 1.29 is 9.59 Å². The number of nitrogens with zero attached hydrogens (tertiary/aromatic N) is 1. The molecule has 0 atom stereocenters. The summed E-state index contributed by atoms with van der Waals surface area (Å²) < 4.78 is 0. The Labute approximate surface area is 125 Å². The van der Waals surface area contributed by atoms with Gasteiger partial charge in [-0.05, 0) is 36.5 Å². The Morgan fingerprint density at radius 1 is 1.10 bits per heavy atom. The van der Waals surface area contributed by atoms with Crippen LogP contribution < -0.4 is 5.73 Å². The first kappa shape index (κ1) is 14.1. The summed E-state index contributed by atoms with van der Waals surface area (Å²) in [4.78, 5) is 26.0. The number of fused-ring (bicyclic) bond motifs is 1. The van der Waals surface area contributed by atoms with Gasteiger partial charge >= 0.3 is 0 Å². The molecule has 1 fully saturated rings. The molecule has 2 amide bonds. The highest BCUT2D eigenvalue weighted by molar-refractivity contribution is 6.21. The SMILES string of the molecule is CC1CCC(CCN2C(=O)c3ccc(N)cc3C2=O)CC1. The Kier molecular flexibility index (Phi) is 3.70. The molecule has 1 aromatic rings. The number of benzene rings is 1. The van der Waals surface area contributed by atoms with Crippen molar-refractivity contribution in [3.05, 3.63) is 29.3 Å². The monoisotopic (exact) mass is 286 g/mol.